The zero-order valence-electron chi connectivity index (χ0n) is 7.55. The van der Waals surface area contributed by atoms with Crippen LogP contribution in [-0.4, -0.2) is 5.92 Å². The molecule has 0 amide bonds. The Labute approximate surface area is 94.5 Å². The molecule has 14 heavy (non-hydrogen) atoms. The minimum absolute atomic E-state index is 0.0468. The average molecular weight is 281 g/mol. The molecule has 1 fully saturated rings. The maximum absolute atomic E-state index is 13.4. The van der Waals surface area contributed by atoms with E-state index in [0.29, 0.717) is 12.8 Å². The first kappa shape index (κ1) is 10.6. The summed E-state index contributed by atoms with van der Waals surface area (Å²) in [4.78, 5) is 0.830. The van der Waals surface area contributed by atoms with Crippen LogP contribution in [-0.2, 0) is 0 Å². The molecule has 0 bridgehead atoms. The number of hydrogen-bond acceptors (Lipinski definition) is 1. The maximum Gasteiger partial charge on any atom is 0.252 e. The van der Waals surface area contributed by atoms with Gasteiger partial charge in [0.25, 0.3) is 5.92 Å². The SMILES string of the molecule is FC1(F)CCCC1C(Br)c1cccs1. The Morgan fingerprint density at radius 2 is 2.36 bits per heavy atom. The predicted octanol–water partition coefficient (Wildman–Crippen LogP) is 4.62. The smallest absolute Gasteiger partial charge is 0.207 e. The minimum atomic E-state index is -2.49. The quantitative estimate of drug-likeness (QED) is 0.694. The topological polar surface area (TPSA) is 0 Å². The first-order valence-corrected chi connectivity index (χ1v) is 6.46. The third kappa shape index (κ3) is 1.87. The van der Waals surface area contributed by atoms with Crippen LogP contribution in [0.25, 0.3) is 0 Å². The summed E-state index contributed by atoms with van der Waals surface area (Å²) in [7, 11) is 0. The van der Waals surface area contributed by atoms with Crippen molar-refractivity contribution in [2.45, 2.75) is 30.0 Å². The molecule has 1 aromatic heterocycles. The van der Waals surface area contributed by atoms with Crippen LogP contribution in [0.2, 0.25) is 0 Å². The Morgan fingerprint density at radius 3 is 2.86 bits per heavy atom. The van der Waals surface area contributed by atoms with Crippen LogP contribution in [0.1, 0.15) is 29.0 Å². The molecule has 0 N–H and O–H groups in total. The molecule has 0 nitrogen and oxygen atoms in total. The molecule has 4 heteroatoms. The third-order valence-electron chi connectivity index (χ3n) is 2.74. The van der Waals surface area contributed by atoms with E-state index in [2.05, 4.69) is 15.9 Å². The van der Waals surface area contributed by atoms with E-state index in [4.69, 9.17) is 0 Å². The van der Waals surface area contributed by atoms with Crippen LogP contribution >= 0.6 is 27.3 Å². The molecule has 0 radical (unpaired) electrons. The van der Waals surface area contributed by atoms with Crippen molar-refractivity contribution >= 4 is 27.3 Å². The molecule has 2 atom stereocenters. The third-order valence-corrected chi connectivity index (χ3v) is 5.13. The van der Waals surface area contributed by atoms with E-state index in [1.807, 2.05) is 17.5 Å². The molecular weight excluding hydrogens is 270 g/mol. The van der Waals surface area contributed by atoms with Crippen LogP contribution in [0, 0.1) is 5.92 Å². The molecule has 2 unspecified atom stereocenters. The fourth-order valence-electron chi connectivity index (χ4n) is 1.96. The van der Waals surface area contributed by atoms with Crippen LogP contribution in [0.5, 0.6) is 0 Å². The summed E-state index contributed by atoms with van der Waals surface area (Å²) < 4.78 is 26.9. The Morgan fingerprint density at radius 1 is 1.57 bits per heavy atom. The van der Waals surface area contributed by atoms with Crippen molar-refractivity contribution in [3.05, 3.63) is 22.4 Å². The van der Waals surface area contributed by atoms with Gasteiger partial charge < -0.3 is 0 Å². The van der Waals surface area contributed by atoms with E-state index in [0.717, 1.165) is 4.88 Å². The minimum Gasteiger partial charge on any atom is -0.207 e. The van der Waals surface area contributed by atoms with Gasteiger partial charge in [0, 0.05) is 17.2 Å². The van der Waals surface area contributed by atoms with Crippen molar-refractivity contribution in [1.82, 2.24) is 0 Å². The zero-order chi connectivity index (χ0) is 10.2. The molecule has 78 valence electrons. The highest BCUT2D eigenvalue weighted by molar-refractivity contribution is 9.09. The molecule has 1 aliphatic carbocycles. The summed E-state index contributed by atoms with van der Waals surface area (Å²) >= 11 is 4.94. The van der Waals surface area contributed by atoms with Gasteiger partial charge in [-0.2, -0.15) is 0 Å². The molecule has 0 saturated heterocycles. The van der Waals surface area contributed by atoms with Crippen LogP contribution < -0.4 is 0 Å². The Kier molecular flexibility index (Phi) is 2.93. The van der Waals surface area contributed by atoms with Crippen molar-refractivity contribution in [2.24, 2.45) is 5.92 Å². The molecule has 1 aliphatic rings. The lowest BCUT2D eigenvalue weighted by Crippen LogP contribution is -2.24. The summed E-state index contributed by atoms with van der Waals surface area (Å²) in [6.07, 6.45) is 1.32. The average Bonchev–Trinajstić information content (AvgIpc) is 2.71. The molecule has 2 rings (SSSR count). The van der Waals surface area contributed by atoms with Gasteiger partial charge in [-0.3, -0.25) is 0 Å². The summed E-state index contributed by atoms with van der Waals surface area (Å²) in [5.41, 5.74) is 0. The lowest BCUT2D eigenvalue weighted by Gasteiger charge is -2.23. The monoisotopic (exact) mass is 280 g/mol. The Hall–Kier alpha value is 0.0400. The van der Waals surface area contributed by atoms with Gasteiger partial charge in [0.05, 0.1) is 4.83 Å². The Bertz CT molecular complexity index is 297. The highest BCUT2D eigenvalue weighted by Gasteiger charge is 2.47. The zero-order valence-corrected chi connectivity index (χ0v) is 9.95. The summed E-state index contributed by atoms with van der Waals surface area (Å²) in [5, 5.41) is 1.93. The lowest BCUT2D eigenvalue weighted by atomic mass is 10.00. The lowest BCUT2D eigenvalue weighted by molar-refractivity contribution is -0.0364. The van der Waals surface area contributed by atoms with Crippen LogP contribution in [0.4, 0.5) is 8.78 Å². The van der Waals surface area contributed by atoms with Crippen LogP contribution in [0.15, 0.2) is 17.5 Å². The molecule has 0 spiro atoms. The normalized spacial score (nSPS) is 27.8. The molecule has 1 saturated carbocycles. The van der Waals surface area contributed by atoms with Crippen molar-refractivity contribution in [3.63, 3.8) is 0 Å². The molecule has 0 aromatic carbocycles. The van der Waals surface area contributed by atoms with E-state index < -0.39 is 11.8 Å². The van der Waals surface area contributed by atoms with E-state index in [9.17, 15) is 8.78 Å². The van der Waals surface area contributed by atoms with Gasteiger partial charge in [-0.25, -0.2) is 8.78 Å². The number of rotatable bonds is 2. The highest BCUT2D eigenvalue weighted by atomic mass is 79.9. The molecular formula is C10H11BrF2S. The number of halogens is 3. The van der Waals surface area contributed by atoms with E-state index in [1.165, 1.54) is 11.3 Å². The number of hydrogen-bond donors (Lipinski definition) is 0. The van der Waals surface area contributed by atoms with Gasteiger partial charge >= 0.3 is 0 Å². The summed E-state index contributed by atoms with van der Waals surface area (Å²) in [6, 6.07) is 3.82. The first-order chi connectivity index (χ1) is 6.61. The van der Waals surface area contributed by atoms with E-state index in [1.54, 1.807) is 0 Å². The largest absolute Gasteiger partial charge is 0.252 e. The molecule has 1 aromatic rings. The second kappa shape index (κ2) is 3.89. The van der Waals surface area contributed by atoms with Gasteiger partial charge in [-0.1, -0.05) is 22.0 Å². The van der Waals surface area contributed by atoms with Gasteiger partial charge in [-0.05, 0) is 24.3 Å². The van der Waals surface area contributed by atoms with E-state index >= 15 is 0 Å². The highest BCUT2D eigenvalue weighted by Crippen LogP contribution is 2.50. The summed E-state index contributed by atoms with van der Waals surface area (Å²) in [5.74, 6) is -3.01. The summed E-state index contributed by atoms with van der Waals surface area (Å²) in [6.45, 7) is 0. The predicted molar refractivity (Wildman–Crippen MR) is 58.3 cm³/mol. The molecule has 0 aliphatic heterocycles. The van der Waals surface area contributed by atoms with Crippen molar-refractivity contribution in [2.75, 3.05) is 0 Å². The van der Waals surface area contributed by atoms with Gasteiger partial charge in [0.15, 0.2) is 0 Å². The number of thiophene rings is 1. The standard InChI is InChI=1S/C10H11BrF2S/c11-9(8-4-2-6-14-8)7-3-1-5-10(7,12)13/h2,4,6-7,9H,1,3,5H2. The van der Waals surface area contributed by atoms with Gasteiger partial charge in [0.2, 0.25) is 0 Å². The van der Waals surface area contributed by atoms with Gasteiger partial charge in [0.1, 0.15) is 0 Å². The van der Waals surface area contributed by atoms with Crippen molar-refractivity contribution < 1.29 is 8.78 Å². The van der Waals surface area contributed by atoms with E-state index in [-0.39, 0.29) is 11.2 Å². The second-order valence-electron chi connectivity index (χ2n) is 3.68. The fourth-order valence-corrected chi connectivity index (χ4v) is 3.85. The van der Waals surface area contributed by atoms with Crippen LogP contribution in [0.3, 0.4) is 0 Å². The fraction of sp³-hybridized carbons (Fsp3) is 0.600. The maximum atomic E-state index is 13.4. The van der Waals surface area contributed by atoms with Crippen molar-refractivity contribution in [1.29, 1.82) is 0 Å². The molecule has 1 heterocycles. The second-order valence-corrected chi connectivity index (χ2v) is 5.64. The van der Waals surface area contributed by atoms with Gasteiger partial charge in [-0.15, -0.1) is 11.3 Å². The Balaban J connectivity index is 2.16. The first-order valence-electron chi connectivity index (χ1n) is 4.66. The number of alkyl halides is 3. The van der Waals surface area contributed by atoms with Crippen molar-refractivity contribution in [3.8, 4) is 0 Å².